The molecule has 2 heterocycles. The largest absolute Gasteiger partial charge is 0.227 e. The molecular weight excluding hydrogens is 613 g/mol. The van der Waals surface area contributed by atoms with Crippen molar-refractivity contribution in [3.63, 3.8) is 0 Å². The summed E-state index contributed by atoms with van der Waals surface area (Å²) in [7, 11) is 0. The Balaban J connectivity index is 1.16. The van der Waals surface area contributed by atoms with E-state index in [1.54, 1.807) is 11.3 Å². The van der Waals surface area contributed by atoms with Crippen molar-refractivity contribution in [2.75, 3.05) is 0 Å². The number of hydrogen-bond donors (Lipinski definition) is 0. The van der Waals surface area contributed by atoms with Crippen molar-refractivity contribution in [3.8, 4) is 56.0 Å². The number of nitrogens with zero attached hydrogens (tertiary/aromatic N) is 2. The molecular formula is C46H34N2S. The van der Waals surface area contributed by atoms with Crippen LogP contribution in [0, 0.1) is 0 Å². The SMILES string of the molecule is CC1(C)c2ccccc2-c2cc3c(cc21)-c1c(-c2cccc(-c4nc(-c5ccccc5)c5c(n4)sc4ccccc45)c2)cccc1C3(C)C. The molecule has 2 aliphatic carbocycles. The van der Waals surface area contributed by atoms with Gasteiger partial charge in [0.1, 0.15) is 4.83 Å². The van der Waals surface area contributed by atoms with Gasteiger partial charge < -0.3 is 0 Å². The summed E-state index contributed by atoms with van der Waals surface area (Å²) in [6.07, 6.45) is 0. The van der Waals surface area contributed by atoms with E-state index in [2.05, 4.69) is 161 Å². The molecule has 0 fully saturated rings. The fourth-order valence-electron chi connectivity index (χ4n) is 8.60. The summed E-state index contributed by atoms with van der Waals surface area (Å²) in [6.45, 7) is 9.51. The van der Waals surface area contributed by atoms with Crippen LogP contribution in [0.5, 0.6) is 0 Å². The molecule has 234 valence electrons. The van der Waals surface area contributed by atoms with Gasteiger partial charge in [-0.3, -0.25) is 0 Å². The minimum absolute atomic E-state index is 0.0538. The number of rotatable bonds is 3. The van der Waals surface area contributed by atoms with Crippen LogP contribution in [0.1, 0.15) is 49.9 Å². The summed E-state index contributed by atoms with van der Waals surface area (Å²) in [5, 5.41) is 2.34. The highest BCUT2D eigenvalue weighted by Gasteiger charge is 2.42. The number of fused-ring (bicyclic) bond motifs is 9. The number of thiophene rings is 1. The lowest BCUT2D eigenvalue weighted by molar-refractivity contribution is 0.652. The minimum atomic E-state index is -0.116. The second kappa shape index (κ2) is 10.1. The predicted octanol–water partition coefficient (Wildman–Crippen LogP) is 12.5. The molecule has 2 nitrogen and oxygen atoms in total. The average molecular weight is 647 g/mol. The second-order valence-electron chi connectivity index (χ2n) is 14.6. The van der Waals surface area contributed by atoms with Crippen molar-refractivity contribution in [2.45, 2.75) is 38.5 Å². The Morgan fingerprint density at radius 1 is 0.469 bits per heavy atom. The van der Waals surface area contributed by atoms with Gasteiger partial charge >= 0.3 is 0 Å². The first kappa shape index (κ1) is 28.6. The zero-order valence-electron chi connectivity index (χ0n) is 28.0. The van der Waals surface area contributed by atoms with Crippen molar-refractivity contribution in [3.05, 3.63) is 156 Å². The zero-order chi connectivity index (χ0) is 33.1. The van der Waals surface area contributed by atoms with E-state index in [1.807, 2.05) is 0 Å². The minimum Gasteiger partial charge on any atom is -0.227 e. The molecule has 0 atom stereocenters. The van der Waals surface area contributed by atoms with Crippen LogP contribution in [-0.2, 0) is 10.8 Å². The molecule has 0 saturated heterocycles. The number of hydrogen-bond acceptors (Lipinski definition) is 3. The molecule has 2 aliphatic rings. The number of aromatic nitrogens is 2. The monoisotopic (exact) mass is 646 g/mol. The van der Waals surface area contributed by atoms with E-state index < -0.39 is 0 Å². The molecule has 0 bridgehead atoms. The summed E-state index contributed by atoms with van der Waals surface area (Å²) in [5.41, 5.74) is 16.5. The maximum absolute atomic E-state index is 5.30. The molecule has 0 N–H and O–H groups in total. The first-order valence-corrected chi connectivity index (χ1v) is 17.9. The Morgan fingerprint density at radius 3 is 1.98 bits per heavy atom. The summed E-state index contributed by atoms with van der Waals surface area (Å²) in [5.74, 6) is 0.755. The summed E-state index contributed by atoms with van der Waals surface area (Å²) >= 11 is 1.74. The van der Waals surface area contributed by atoms with Crippen molar-refractivity contribution in [1.29, 1.82) is 0 Å². The third kappa shape index (κ3) is 4.00. The molecule has 0 spiro atoms. The molecule has 0 aliphatic heterocycles. The van der Waals surface area contributed by atoms with Crippen LogP contribution >= 0.6 is 11.3 Å². The van der Waals surface area contributed by atoms with Crippen LogP contribution < -0.4 is 0 Å². The lowest BCUT2D eigenvalue weighted by Crippen LogP contribution is -2.16. The molecule has 6 aromatic carbocycles. The molecule has 2 aromatic heterocycles. The maximum Gasteiger partial charge on any atom is 0.161 e. The Morgan fingerprint density at radius 2 is 1.10 bits per heavy atom. The second-order valence-corrected chi connectivity index (χ2v) is 15.6. The highest BCUT2D eigenvalue weighted by Crippen LogP contribution is 2.57. The van der Waals surface area contributed by atoms with Gasteiger partial charge in [-0.1, -0.05) is 137 Å². The summed E-state index contributed by atoms with van der Waals surface area (Å²) in [4.78, 5) is 11.5. The van der Waals surface area contributed by atoms with Crippen LogP contribution in [0.15, 0.2) is 133 Å². The van der Waals surface area contributed by atoms with E-state index in [4.69, 9.17) is 9.97 Å². The van der Waals surface area contributed by atoms with Gasteiger partial charge in [0, 0.05) is 37.4 Å². The molecule has 0 saturated carbocycles. The van der Waals surface area contributed by atoms with E-state index in [1.165, 1.54) is 65.7 Å². The molecule has 10 rings (SSSR count). The van der Waals surface area contributed by atoms with Crippen LogP contribution in [0.2, 0.25) is 0 Å². The lowest BCUT2D eigenvalue weighted by Gasteiger charge is -2.24. The van der Waals surface area contributed by atoms with Crippen molar-refractivity contribution >= 4 is 31.6 Å². The normalized spacial score (nSPS) is 14.9. The quantitative estimate of drug-likeness (QED) is 0.191. The third-order valence-electron chi connectivity index (χ3n) is 11.1. The average Bonchev–Trinajstić information content (AvgIpc) is 3.70. The Hall–Kier alpha value is -5.38. The Labute approximate surface area is 290 Å². The van der Waals surface area contributed by atoms with Crippen molar-refractivity contribution in [2.24, 2.45) is 0 Å². The van der Waals surface area contributed by atoms with Crippen LogP contribution in [0.25, 0.3) is 76.3 Å². The molecule has 0 amide bonds. The van der Waals surface area contributed by atoms with E-state index in [0.29, 0.717) is 0 Å². The van der Waals surface area contributed by atoms with Gasteiger partial charge in [-0.05, 0) is 79.9 Å². The molecule has 49 heavy (non-hydrogen) atoms. The van der Waals surface area contributed by atoms with Gasteiger partial charge in [-0.25, -0.2) is 9.97 Å². The van der Waals surface area contributed by atoms with Gasteiger partial charge in [-0.15, -0.1) is 11.3 Å². The van der Waals surface area contributed by atoms with E-state index in [-0.39, 0.29) is 10.8 Å². The van der Waals surface area contributed by atoms with Crippen molar-refractivity contribution in [1.82, 2.24) is 9.97 Å². The van der Waals surface area contributed by atoms with Crippen molar-refractivity contribution < 1.29 is 0 Å². The zero-order valence-corrected chi connectivity index (χ0v) is 28.8. The fraction of sp³-hybridized carbons (Fsp3) is 0.130. The maximum atomic E-state index is 5.30. The fourth-order valence-corrected chi connectivity index (χ4v) is 9.68. The third-order valence-corrected chi connectivity index (χ3v) is 12.2. The van der Waals surface area contributed by atoms with Gasteiger partial charge in [0.25, 0.3) is 0 Å². The summed E-state index contributed by atoms with van der Waals surface area (Å²) in [6, 6.07) is 48.8. The highest BCUT2D eigenvalue weighted by molar-refractivity contribution is 7.25. The number of benzene rings is 6. The summed E-state index contributed by atoms with van der Waals surface area (Å²) < 4.78 is 1.23. The molecule has 0 unspecified atom stereocenters. The predicted molar refractivity (Wildman–Crippen MR) is 206 cm³/mol. The van der Waals surface area contributed by atoms with E-state index in [9.17, 15) is 0 Å². The van der Waals surface area contributed by atoms with Crippen LogP contribution in [0.4, 0.5) is 0 Å². The van der Waals surface area contributed by atoms with E-state index >= 15 is 0 Å². The topological polar surface area (TPSA) is 25.8 Å². The highest BCUT2D eigenvalue weighted by atomic mass is 32.1. The van der Waals surface area contributed by atoms with Crippen LogP contribution in [-0.4, -0.2) is 9.97 Å². The Kier molecular flexibility index (Phi) is 5.88. The molecule has 8 aromatic rings. The standard InChI is InChI=1S/C46H34N2S/c1-45(2)35-21-10-8-18-31(35)33-25-38-34(26-37(33)45)40-30(20-13-22-36(40)46(38,3)4)28-16-12-17-29(24-28)43-47-42(27-14-6-5-7-15-27)41-32-19-9-11-23-39(32)49-44(41)48-43/h5-26H,1-4H3. The van der Waals surface area contributed by atoms with E-state index in [0.717, 1.165) is 32.9 Å². The van der Waals surface area contributed by atoms with Gasteiger partial charge in [0.05, 0.1) is 5.69 Å². The smallest absolute Gasteiger partial charge is 0.161 e. The molecule has 3 heteroatoms. The Bertz CT molecular complexity index is 2660. The van der Waals surface area contributed by atoms with Gasteiger partial charge in [0.2, 0.25) is 0 Å². The first-order valence-electron chi connectivity index (χ1n) is 17.1. The van der Waals surface area contributed by atoms with Crippen LogP contribution in [0.3, 0.4) is 0 Å². The lowest BCUT2D eigenvalue weighted by atomic mass is 9.79. The van der Waals surface area contributed by atoms with Gasteiger partial charge in [-0.2, -0.15) is 0 Å². The van der Waals surface area contributed by atoms with Gasteiger partial charge in [0.15, 0.2) is 5.82 Å². The molecule has 0 radical (unpaired) electrons. The first-order chi connectivity index (χ1) is 23.8.